The number of carboxylic acids is 1. The molecule has 2 aromatic carbocycles. The minimum absolute atomic E-state index is 0.0252. The van der Waals surface area contributed by atoms with Gasteiger partial charge in [-0.25, -0.2) is 0 Å². The van der Waals surface area contributed by atoms with E-state index in [0.717, 1.165) is 39.5 Å². The summed E-state index contributed by atoms with van der Waals surface area (Å²) in [5.41, 5.74) is 4.33. The summed E-state index contributed by atoms with van der Waals surface area (Å²) in [5, 5.41) is 24.1. The SMILES string of the molecule is CC(C)c1cc(-c2nnn(C)n2)cc2c1c(Sc1ccc(Cl)cc1)c1n2CCC1CC(=O)O. The van der Waals surface area contributed by atoms with Gasteiger partial charge in [0, 0.05) is 43.9 Å². The standard InChI is InChI=1S/C24H24ClN5O2S/c1-13(2)18-10-15(24-26-28-29(3)27-24)11-19-21(18)23(33-17-6-4-16(25)5-7-17)22-14(12-20(31)32)8-9-30(19)22/h4-7,10-11,13-14H,8-9,12H2,1-3H3,(H,31,32). The summed E-state index contributed by atoms with van der Waals surface area (Å²) >= 11 is 7.80. The van der Waals surface area contributed by atoms with E-state index in [0.29, 0.717) is 10.8 Å². The van der Waals surface area contributed by atoms with Crippen molar-refractivity contribution >= 4 is 40.2 Å². The Kier molecular flexibility index (Phi) is 5.66. The van der Waals surface area contributed by atoms with Crippen LogP contribution in [0.1, 0.15) is 49.8 Å². The Labute approximate surface area is 200 Å². The average molecular weight is 482 g/mol. The number of aliphatic carboxylic acids is 1. The number of carbonyl (C=O) groups is 1. The molecule has 5 rings (SSSR count). The summed E-state index contributed by atoms with van der Waals surface area (Å²) in [4.78, 5) is 15.3. The Hall–Kier alpha value is -2.84. The molecule has 1 atom stereocenters. The van der Waals surface area contributed by atoms with E-state index in [-0.39, 0.29) is 18.3 Å². The predicted octanol–water partition coefficient (Wildman–Crippen LogP) is 5.72. The number of nitrogens with zero attached hydrogens (tertiary/aromatic N) is 5. The van der Waals surface area contributed by atoms with E-state index >= 15 is 0 Å². The highest BCUT2D eigenvalue weighted by Crippen LogP contribution is 2.49. The second-order valence-corrected chi connectivity index (χ2v) is 10.2. The van der Waals surface area contributed by atoms with Crippen LogP contribution in [0.3, 0.4) is 0 Å². The lowest BCUT2D eigenvalue weighted by Crippen LogP contribution is -2.04. The summed E-state index contributed by atoms with van der Waals surface area (Å²) in [5.74, 6) is 0.0519. The summed E-state index contributed by atoms with van der Waals surface area (Å²) in [6.45, 7) is 5.15. The first-order valence-corrected chi connectivity index (χ1v) is 12.1. The van der Waals surface area contributed by atoms with Gasteiger partial charge in [-0.05, 0) is 59.5 Å². The van der Waals surface area contributed by atoms with Crippen LogP contribution in [0.15, 0.2) is 46.2 Å². The minimum atomic E-state index is -0.769. The summed E-state index contributed by atoms with van der Waals surface area (Å²) in [7, 11) is 1.75. The highest BCUT2D eigenvalue weighted by atomic mass is 35.5. The first kappa shape index (κ1) is 22.0. The molecule has 0 amide bonds. The van der Waals surface area contributed by atoms with E-state index < -0.39 is 5.97 Å². The Morgan fingerprint density at radius 2 is 2.03 bits per heavy atom. The Morgan fingerprint density at radius 3 is 2.67 bits per heavy atom. The number of aromatic nitrogens is 5. The fourth-order valence-corrected chi connectivity index (χ4v) is 6.01. The van der Waals surface area contributed by atoms with Crippen molar-refractivity contribution in [3.05, 3.63) is 52.7 Å². The molecule has 1 aliphatic heterocycles. The highest BCUT2D eigenvalue weighted by Gasteiger charge is 2.33. The minimum Gasteiger partial charge on any atom is -0.481 e. The molecule has 0 fully saturated rings. The molecular weight excluding hydrogens is 458 g/mol. The fraction of sp³-hybridized carbons (Fsp3) is 0.333. The molecule has 1 aliphatic rings. The average Bonchev–Trinajstić information content (AvgIpc) is 3.45. The van der Waals surface area contributed by atoms with E-state index in [1.54, 1.807) is 18.8 Å². The van der Waals surface area contributed by atoms with Crippen LogP contribution in [-0.4, -0.2) is 35.9 Å². The van der Waals surface area contributed by atoms with Gasteiger partial charge in [-0.2, -0.15) is 4.80 Å². The molecule has 170 valence electrons. The normalized spacial score (nSPS) is 15.5. The second-order valence-electron chi connectivity index (χ2n) is 8.72. The smallest absolute Gasteiger partial charge is 0.304 e. The summed E-state index contributed by atoms with van der Waals surface area (Å²) in [6.07, 6.45) is 0.941. The lowest BCUT2D eigenvalue weighted by atomic mass is 9.94. The van der Waals surface area contributed by atoms with Gasteiger partial charge in [0.2, 0.25) is 5.82 Å². The number of benzene rings is 2. The van der Waals surface area contributed by atoms with Crippen LogP contribution in [-0.2, 0) is 18.4 Å². The topological polar surface area (TPSA) is 85.8 Å². The third kappa shape index (κ3) is 4.02. The number of carboxylic acid groups (broad SMARTS) is 1. The molecule has 0 bridgehead atoms. The number of aryl methyl sites for hydroxylation is 2. The van der Waals surface area contributed by atoms with Crippen LogP contribution < -0.4 is 0 Å². The summed E-state index contributed by atoms with van der Waals surface area (Å²) in [6, 6.07) is 12.1. The van der Waals surface area contributed by atoms with E-state index in [2.05, 4.69) is 46.0 Å². The number of halogens is 1. The Balaban J connectivity index is 1.77. The zero-order chi connectivity index (χ0) is 23.3. The van der Waals surface area contributed by atoms with Crippen molar-refractivity contribution in [3.8, 4) is 11.4 Å². The maximum Gasteiger partial charge on any atom is 0.304 e. The van der Waals surface area contributed by atoms with Crippen LogP contribution in [0, 0.1) is 0 Å². The van der Waals surface area contributed by atoms with Gasteiger partial charge in [-0.15, -0.1) is 10.2 Å². The maximum atomic E-state index is 11.6. The molecule has 1 N–H and O–H groups in total. The van der Waals surface area contributed by atoms with Gasteiger partial charge in [-0.1, -0.05) is 37.2 Å². The third-order valence-electron chi connectivity index (χ3n) is 6.12. The van der Waals surface area contributed by atoms with Gasteiger partial charge in [0.05, 0.1) is 19.0 Å². The quantitative estimate of drug-likeness (QED) is 0.379. The fourth-order valence-electron chi connectivity index (χ4n) is 4.68. The van der Waals surface area contributed by atoms with Gasteiger partial charge in [0.15, 0.2) is 0 Å². The number of hydrogen-bond acceptors (Lipinski definition) is 5. The van der Waals surface area contributed by atoms with Crippen molar-refractivity contribution < 1.29 is 9.90 Å². The van der Waals surface area contributed by atoms with Gasteiger partial charge >= 0.3 is 5.97 Å². The predicted molar refractivity (Wildman–Crippen MR) is 129 cm³/mol. The monoisotopic (exact) mass is 481 g/mol. The zero-order valence-corrected chi connectivity index (χ0v) is 20.2. The van der Waals surface area contributed by atoms with E-state index in [4.69, 9.17) is 11.6 Å². The maximum absolute atomic E-state index is 11.6. The molecule has 0 saturated carbocycles. The lowest BCUT2D eigenvalue weighted by Gasteiger charge is -2.14. The molecule has 4 aromatic rings. The van der Waals surface area contributed by atoms with Crippen molar-refractivity contribution in [2.75, 3.05) is 0 Å². The van der Waals surface area contributed by atoms with Crippen LogP contribution in [0.2, 0.25) is 5.02 Å². The van der Waals surface area contributed by atoms with Crippen LogP contribution in [0.5, 0.6) is 0 Å². The van der Waals surface area contributed by atoms with Gasteiger partial charge in [0.1, 0.15) is 0 Å². The number of fused-ring (bicyclic) bond motifs is 3. The van der Waals surface area contributed by atoms with Crippen LogP contribution >= 0.6 is 23.4 Å². The molecule has 0 radical (unpaired) electrons. The van der Waals surface area contributed by atoms with Gasteiger partial charge in [0.25, 0.3) is 0 Å². The molecule has 33 heavy (non-hydrogen) atoms. The van der Waals surface area contributed by atoms with E-state index in [9.17, 15) is 9.90 Å². The first-order chi connectivity index (χ1) is 15.8. The molecule has 0 saturated heterocycles. The number of tetrazole rings is 1. The van der Waals surface area contributed by atoms with E-state index in [1.165, 1.54) is 15.7 Å². The highest BCUT2D eigenvalue weighted by molar-refractivity contribution is 7.99. The largest absolute Gasteiger partial charge is 0.481 e. The molecule has 0 aliphatic carbocycles. The molecule has 9 heteroatoms. The van der Waals surface area contributed by atoms with Crippen molar-refractivity contribution in [1.29, 1.82) is 0 Å². The number of rotatable bonds is 6. The van der Waals surface area contributed by atoms with Crippen LogP contribution in [0.4, 0.5) is 0 Å². The van der Waals surface area contributed by atoms with Crippen molar-refractivity contribution in [2.45, 2.75) is 54.9 Å². The zero-order valence-electron chi connectivity index (χ0n) is 18.6. The molecule has 0 spiro atoms. The first-order valence-electron chi connectivity index (χ1n) is 10.9. The lowest BCUT2D eigenvalue weighted by molar-refractivity contribution is -0.137. The van der Waals surface area contributed by atoms with Crippen LogP contribution in [0.25, 0.3) is 22.3 Å². The van der Waals surface area contributed by atoms with Gasteiger partial charge < -0.3 is 9.67 Å². The third-order valence-corrected chi connectivity index (χ3v) is 7.50. The molecule has 3 heterocycles. The van der Waals surface area contributed by atoms with E-state index in [1.807, 2.05) is 24.3 Å². The Bertz CT molecular complexity index is 1360. The second kappa shape index (κ2) is 8.50. The molecule has 7 nitrogen and oxygen atoms in total. The molecule has 1 unspecified atom stereocenters. The van der Waals surface area contributed by atoms with Crippen molar-refractivity contribution in [3.63, 3.8) is 0 Å². The Morgan fingerprint density at radius 1 is 1.27 bits per heavy atom. The molecule has 2 aromatic heterocycles. The summed E-state index contributed by atoms with van der Waals surface area (Å²) < 4.78 is 2.30. The van der Waals surface area contributed by atoms with Crippen molar-refractivity contribution in [2.24, 2.45) is 7.05 Å². The number of hydrogen-bond donors (Lipinski definition) is 1. The van der Waals surface area contributed by atoms with Crippen molar-refractivity contribution in [1.82, 2.24) is 24.8 Å². The molecular formula is C24H24ClN5O2S. The van der Waals surface area contributed by atoms with Gasteiger partial charge in [-0.3, -0.25) is 4.79 Å².